The van der Waals surface area contributed by atoms with Crippen LogP contribution in [0.15, 0.2) is 59.5 Å². The van der Waals surface area contributed by atoms with Gasteiger partial charge in [0.05, 0.1) is 4.90 Å². The molecule has 0 saturated heterocycles. The maximum Gasteiger partial charge on any atom is 0.263 e. The molecule has 0 bridgehead atoms. The van der Waals surface area contributed by atoms with E-state index in [1.807, 2.05) is 0 Å². The summed E-state index contributed by atoms with van der Waals surface area (Å²) in [5.41, 5.74) is 3.54. The molecule has 1 aromatic heterocycles. The van der Waals surface area contributed by atoms with Gasteiger partial charge in [-0.3, -0.25) is 4.72 Å². The Kier molecular flexibility index (Phi) is 4.78. The number of aromatic nitrogens is 1. The normalized spacial score (nSPS) is 11.4. The molecule has 134 valence electrons. The molecule has 0 unspecified atom stereocenters. The van der Waals surface area contributed by atoms with Crippen molar-refractivity contribution in [1.29, 1.82) is 0 Å². The number of hydrogen-bond acceptors (Lipinski definition) is 3. The third kappa shape index (κ3) is 3.75. The Morgan fingerprint density at radius 1 is 0.885 bits per heavy atom. The predicted octanol–water partition coefficient (Wildman–Crippen LogP) is 4.61. The van der Waals surface area contributed by atoms with E-state index in [4.69, 9.17) is 0 Å². The smallest absolute Gasteiger partial charge is 0.263 e. The molecular formula is C20H19FN2O2S. The first-order valence-corrected chi connectivity index (χ1v) is 9.58. The minimum Gasteiger partial charge on any atom is -0.263 e. The minimum atomic E-state index is -3.75. The molecule has 2 aromatic carbocycles. The van der Waals surface area contributed by atoms with Crippen LogP contribution in [0.1, 0.15) is 16.8 Å². The molecule has 4 nitrogen and oxygen atoms in total. The largest absolute Gasteiger partial charge is 0.263 e. The summed E-state index contributed by atoms with van der Waals surface area (Å²) in [5.74, 6) is 0.0159. The molecule has 1 N–H and O–H groups in total. The van der Waals surface area contributed by atoms with E-state index in [1.54, 1.807) is 69.3 Å². The van der Waals surface area contributed by atoms with E-state index in [9.17, 15) is 12.8 Å². The van der Waals surface area contributed by atoms with Crippen molar-refractivity contribution in [1.82, 2.24) is 4.98 Å². The van der Waals surface area contributed by atoms with E-state index in [0.717, 1.165) is 16.8 Å². The molecule has 0 spiro atoms. The lowest BCUT2D eigenvalue weighted by atomic mass is 10.0. The molecule has 3 rings (SSSR count). The predicted molar refractivity (Wildman–Crippen MR) is 101 cm³/mol. The van der Waals surface area contributed by atoms with Crippen LogP contribution in [0.25, 0.3) is 11.1 Å². The summed E-state index contributed by atoms with van der Waals surface area (Å²) in [6, 6.07) is 15.0. The van der Waals surface area contributed by atoms with E-state index in [0.29, 0.717) is 11.1 Å². The Morgan fingerprint density at radius 3 is 2.15 bits per heavy atom. The lowest BCUT2D eigenvalue weighted by molar-refractivity contribution is 0.600. The summed E-state index contributed by atoms with van der Waals surface area (Å²) < 4.78 is 41.3. The molecule has 6 heteroatoms. The number of aryl methyl sites for hydroxylation is 3. The fraction of sp³-hybridized carbons (Fsp3) is 0.150. The molecule has 0 aliphatic heterocycles. The summed E-state index contributed by atoms with van der Waals surface area (Å²) in [6.45, 7) is 5.23. The number of rotatable bonds is 4. The summed E-state index contributed by atoms with van der Waals surface area (Å²) in [7, 11) is -3.75. The van der Waals surface area contributed by atoms with Crippen LogP contribution in [0.4, 0.5) is 10.2 Å². The van der Waals surface area contributed by atoms with Gasteiger partial charge in [-0.1, -0.05) is 24.3 Å². The van der Waals surface area contributed by atoms with Crippen molar-refractivity contribution in [2.24, 2.45) is 0 Å². The van der Waals surface area contributed by atoms with Crippen LogP contribution in [-0.4, -0.2) is 13.4 Å². The molecule has 0 saturated carbocycles. The zero-order valence-electron chi connectivity index (χ0n) is 14.7. The number of benzene rings is 2. The van der Waals surface area contributed by atoms with Crippen LogP contribution < -0.4 is 4.72 Å². The van der Waals surface area contributed by atoms with Crippen molar-refractivity contribution < 1.29 is 12.8 Å². The molecule has 1 heterocycles. The van der Waals surface area contributed by atoms with Crippen LogP contribution in [0.3, 0.4) is 0 Å². The second-order valence-corrected chi connectivity index (χ2v) is 7.86. The average molecular weight is 370 g/mol. The maximum atomic E-state index is 13.5. The fourth-order valence-corrected chi connectivity index (χ4v) is 3.98. The average Bonchev–Trinajstić information content (AvgIpc) is 2.56. The SMILES string of the molecule is Cc1cccc(NS(=O)(=O)c2ccc(-c3ccc(F)c(C)c3)cc2C)n1. The molecular weight excluding hydrogens is 351 g/mol. The van der Waals surface area contributed by atoms with Gasteiger partial charge in [0, 0.05) is 5.69 Å². The fourth-order valence-electron chi connectivity index (χ4n) is 2.75. The van der Waals surface area contributed by atoms with E-state index in [2.05, 4.69) is 9.71 Å². The van der Waals surface area contributed by atoms with E-state index in [-0.39, 0.29) is 16.5 Å². The Bertz CT molecular complexity index is 1080. The summed E-state index contributed by atoms with van der Waals surface area (Å²) >= 11 is 0. The van der Waals surface area contributed by atoms with Crippen molar-refractivity contribution in [3.63, 3.8) is 0 Å². The number of halogens is 1. The first-order valence-electron chi connectivity index (χ1n) is 8.10. The number of sulfonamides is 1. The Labute approximate surface area is 152 Å². The van der Waals surface area contributed by atoms with E-state index >= 15 is 0 Å². The van der Waals surface area contributed by atoms with Gasteiger partial charge in [0.25, 0.3) is 10.0 Å². The topological polar surface area (TPSA) is 59.1 Å². The van der Waals surface area contributed by atoms with Crippen molar-refractivity contribution in [3.05, 3.63) is 77.2 Å². The van der Waals surface area contributed by atoms with Crippen LogP contribution in [-0.2, 0) is 10.0 Å². The molecule has 0 fully saturated rings. The van der Waals surface area contributed by atoms with Gasteiger partial charge in [0.2, 0.25) is 0 Å². The van der Waals surface area contributed by atoms with Crippen LogP contribution in [0.5, 0.6) is 0 Å². The number of hydrogen-bond donors (Lipinski definition) is 1. The van der Waals surface area contributed by atoms with Gasteiger partial charge in [-0.15, -0.1) is 0 Å². The highest BCUT2D eigenvalue weighted by atomic mass is 32.2. The Balaban J connectivity index is 1.95. The lowest BCUT2D eigenvalue weighted by Crippen LogP contribution is -2.15. The molecule has 0 atom stereocenters. The first-order chi connectivity index (χ1) is 12.3. The summed E-state index contributed by atoms with van der Waals surface area (Å²) in [6.07, 6.45) is 0. The van der Waals surface area contributed by atoms with Gasteiger partial charge >= 0.3 is 0 Å². The van der Waals surface area contributed by atoms with Gasteiger partial charge in [0.1, 0.15) is 11.6 Å². The highest BCUT2D eigenvalue weighted by Crippen LogP contribution is 2.27. The Hall–Kier alpha value is -2.73. The molecule has 0 aliphatic carbocycles. The molecule has 3 aromatic rings. The van der Waals surface area contributed by atoms with Gasteiger partial charge in [-0.05, 0) is 73.4 Å². The van der Waals surface area contributed by atoms with Crippen LogP contribution in [0, 0.1) is 26.6 Å². The van der Waals surface area contributed by atoms with Crippen molar-refractivity contribution in [3.8, 4) is 11.1 Å². The van der Waals surface area contributed by atoms with Gasteiger partial charge in [0.15, 0.2) is 0 Å². The highest BCUT2D eigenvalue weighted by Gasteiger charge is 2.18. The molecule has 26 heavy (non-hydrogen) atoms. The van der Waals surface area contributed by atoms with Gasteiger partial charge < -0.3 is 0 Å². The minimum absolute atomic E-state index is 0.184. The quantitative estimate of drug-likeness (QED) is 0.729. The number of nitrogens with one attached hydrogen (secondary N) is 1. The number of pyridine rings is 1. The summed E-state index contributed by atoms with van der Waals surface area (Å²) in [5, 5.41) is 0. The zero-order chi connectivity index (χ0) is 18.9. The van der Waals surface area contributed by atoms with Crippen molar-refractivity contribution in [2.45, 2.75) is 25.7 Å². The first kappa shape index (κ1) is 18.1. The molecule has 0 aliphatic rings. The van der Waals surface area contributed by atoms with Crippen molar-refractivity contribution in [2.75, 3.05) is 4.72 Å². The van der Waals surface area contributed by atoms with Gasteiger partial charge in [-0.2, -0.15) is 0 Å². The van der Waals surface area contributed by atoms with Crippen molar-refractivity contribution >= 4 is 15.8 Å². The van der Waals surface area contributed by atoms with Gasteiger partial charge in [-0.25, -0.2) is 17.8 Å². The van der Waals surface area contributed by atoms with Crippen LogP contribution in [0.2, 0.25) is 0 Å². The summed E-state index contributed by atoms with van der Waals surface area (Å²) in [4.78, 5) is 4.35. The van der Waals surface area contributed by atoms with Crippen LogP contribution >= 0.6 is 0 Å². The van der Waals surface area contributed by atoms with E-state index in [1.165, 1.54) is 6.07 Å². The molecule has 0 radical (unpaired) electrons. The third-order valence-corrected chi connectivity index (χ3v) is 5.60. The lowest BCUT2D eigenvalue weighted by Gasteiger charge is -2.12. The second kappa shape index (κ2) is 6.88. The third-order valence-electron chi connectivity index (χ3n) is 4.08. The zero-order valence-corrected chi connectivity index (χ0v) is 15.6. The van der Waals surface area contributed by atoms with E-state index < -0.39 is 10.0 Å². The number of nitrogens with zero attached hydrogens (tertiary/aromatic N) is 1. The highest BCUT2D eigenvalue weighted by molar-refractivity contribution is 7.92. The monoisotopic (exact) mass is 370 g/mol. The maximum absolute atomic E-state index is 13.5. The second-order valence-electron chi connectivity index (χ2n) is 6.21. The molecule has 0 amide bonds. The standard InChI is InChI=1S/C20H19FN2O2S/c1-13-11-16(7-9-18(13)21)17-8-10-19(14(2)12-17)26(24,25)23-20-6-4-5-15(3)22-20/h4-12H,1-3H3,(H,22,23). The number of anilines is 1. The Morgan fingerprint density at radius 2 is 1.54 bits per heavy atom.